The van der Waals surface area contributed by atoms with Crippen LogP contribution < -0.4 is 9.46 Å². The summed E-state index contributed by atoms with van der Waals surface area (Å²) in [6, 6.07) is 3.86. The van der Waals surface area contributed by atoms with E-state index in [1.54, 1.807) is 0 Å². The van der Waals surface area contributed by atoms with E-state index in [1.165, 1.54) is 18.2 Å². The smallest absolute Gasteiger partial charge is 0.437 e. The lowest BCUT2D eigenvalue weighted by atomic mass is 10.3. The van der Waals surface area contributed by atoms with Gasteiger partial charge in [0.1, 0.15) is 4.21 Å². The number of pyridine rings is 1. The number of carbonyl (C=O) groups excluding carboxylic acids is 2. The zero-order chi connectivity index (χ0) is 17.9. The third-order valence-corrected chi connectivity index (χ3v) is 7.53. The molecule has 2 aromatic heterocycles. The summed E-state index contributed by atoms with van der Waals surface area (Å²) < 4.78 is 36.3. The van der Waals surface area contributed by atoms with Crippen LogP contribution in [0.5, 0.6) is 5.88 Å². The van der Waals surface area contributed by atoms with Crippen molar-refractivity contribution in [3.8, 4) is 5.88 Å². The standard InChI is InChI=1S/C12H8Br2N2O6S2/c1-21-12(18)22-8-3-2-6(5-15-8)11(17)16-24(19,20)9-4-7(13)10(14)23-9/h2-5H,1H3,(H,16,17). The molecule has 0 aliphatic rings. The van der Waals surface area contributed by atoms with Crippen LogP contribution in [-0.4, -0.2) is 32.6 Å². The number of hydrogen-bond acceptors (Lipinski definition) is 8. The van der Waals surface area contributed by atoms with Gasteiger partial charge in [0.2, 0.25) is 5.88 Å². The van der Waals surface area contributed by atoms with Crippen molar-refractivity contribution in [1.29, 1.82) is 0 Å². The Labute approximate surface area is 157 Å². The first-order chi connectivity index (χ1) is 11.2. The number of sulfonamides is 1. The molecule has 0 aliphatic carbocycles. The highest BCUT2D eigenvalue weighted by Gasteiger charge is 2.22. The number of carbonyl (C=O) groups is 2. The molecule has 0 atom stereocenters. The van der Waals surface area contributed by atoms with E-state index in [1.807, 2.05) is 4.72 Å². The molecule has 0 aliphatic heterocycles. The summed E-state index contributed by atoms with van der Waals surface area (Å²) in [5, 5.41) is 0. The lowest BCUT2D eigenvalue weighted by molar-refractivity contribution is 0.0981. The van der Waals surface area contributed by atoms with Crippen LogP contribution in [0.1, 0.15) is 10.4 Å². The molecule has 24 heavy (non-hydrogen) atoms. The van der Waals surface area contributed by atoms with Crippen molar-refractivity contribution >= 4 is 65.3 Å². The van der Waals surface area contributed by atoms with E-state index in [0.29, 0.717) is 8.26 Å². The van der Waals surface area contributed by atoms with Gasteiger partial charge in [-0.2, -0.15) is 0 Å². The molecular weight excluding hydrogens is 492 g/mol. The zero-order valence-corrected chi connectivity index (χ0v) is 16.6. The minimum atomic E-state index is -4.02. The fourth-order valence-electron chi connectivity index (χ4n) is 1.39. The molecule has 0 unspecified atom stereocenters. The molecule has 12 heteroatoms. The zero-order valence-electron chi connectivity index (χ0n) is 11.8. The average Bonchev–Trinajstić information content (AvgIpc) is 2.87. The monoisotopic (exact) mass is 498 g/mol. The topological polar surface area (TPSA) is 112 Å². The number of thiophene rings is 1. The molecule has 0 radical (unpaired) electrons. The van der Waals surface area contributed by atoms with Gasteiger partial charge < -0.3 is 9.47 Å². The summed E-state index contributed by atoms with van der Waals surface area (Å²) in [5.74, 6) is -0.958. The molecule has 128 valence electrons. The molecule has 0 spiro atoms. The fraction of sp³-hybridized carbons (Fsp3) is 0.0833. The van der Waals surface area contributed by atoms with Gasteiger partial charge in [-0.15, -0.1) is 11.3 Å². The predicted octanol–water partition coefficient (Wildman–Crippen LogP) is 2.93. The Kier molecular flexibility index (Phi) is 5.96. The normalized spacial score (nSPS) is 11.0. The van der Waals surface area contributed by atoms with Crippen LogP contribution >= 0.6 is 43.2 Å². The molecule has 1 N–H and O–H groups in total. The molecule has 2 heterocycles. The molecule has 2 aromatic rings. The van der Waals surface area contributed by atoms with Crippen LogP contribution in [0.4, 0.5) is 4.79 Å². The molecule has 8 nitrogen and oxygen atoms in total. The summed E-state index contributed by atoms with van der Waals surface area (Å²) in [6.07, 6.45) is 0.111. The minimum absolute atomic E-state index is 0.0227. The summed E-state index contributed by atoms with van der Waals surface area (Å²) in [4.78, 5) is 26.7. The van der Waals surface area contributed by atoms with Gasteiger partial charge in [0, 0.05) is 16.7 Å². The number of nitrogens with one attached hydrogen (secondary N) is 1. The Bertz CT molecular complexity index is 860. The molecule has 1 amide bonds. The minimum Gasteiger partial charge on any atom is -0.437 e. The quantitative estimate of drug-likeness (QED) is 0.643. The maximum absolute atomic E-state index is 12.2. The summed E-state index contributed by atoms with van der Waals surface area (Å²) in [7, 11) is -2.88. The number of rotatable bonds is 4. The van der Waals surface area contributed by atoms with Gasteiger partial charge in [-0.1, -0.05) is 0 Å². The average molecular weight is 500 g/mol. The first-order valence-electron chi connectivity index (χ1n) is 5.97. The van der Waals surface area contributed by atoms with Crippen LogP contribution in [0.25, 0.3) is 0 Å². The Morgan fingerprint density at radius 3 is 2.50 bits per heavy atom. The molecule has 2 rings (SSSR count). The van der Waals surface area contributed by atoms with Crippen molar-refractivity contribution in [3.05, 3.63) is 38.2 Å². The van der Waals surface area contributed by atoms with E-state index in [9.17, 15) is 18.0 Å². The summed E-state index contributed by atoms with van der Waals surface area (Å²) in [5.41, 5.74) is -0.0227. The van der Waals surface area contributed by atoms with E-state index < -0.39 is 22.1 Å². The maximum atomic E-state index is 12.2. The van der Waals surface area contributed by atoms with Crippen molar-refractivity contribution in [3.63, 3.8) is 0 Å². The third kappa shape index (κ3) is 4.53. The SMILES string of the molecule is COC(=O)Oc1ccc(C(=O)NS(=O)(=O)c2cc(Br)c(Br)s2)cn1. The van der Waals surface area contributed by atoms with Crippen molar-refractivity contribution in [1.82, 2.24) is 9.71 Å². The number of halogens is 2. The van der Waals surface area contributed by atoms with E-state index in [4.69, 9.17) is 0 Å². The number of ether oxygens (including phenoxy) is 2. The highest BCUT2D eigenvalue weighted by atomic mass is 79.9. The Hall–Kier alpha value is -1.50. The number of methoxy groups -OCH3 is 1. The lowest BCUT2D eigenvalue weighted by Gasteiger charge is -2.05. The molecule has 0 saturated carbocycles. The van der Waals surface area contributed by atoms with E-state index in [-0.39, 0.29) is 15.7 Å². The second kappa shape index (κ2) is 7.59. The van der Waals surface area contributed by atoms with Gasteiger partial charge in [0.05, 0.1) is 16.5 Å². The van der Waals surface area contributed by atoms with Crippen molar-refractivity contribution in [2.45, 2.75) is 4.21 Å². The van der Waals surface area contributed by atoms with Crippen LogP contribution in [0.15, 0.2) is 36.9 Å². The van der Waals surface area contributed by atoms with Gasteiger partial charge in [-0.3, -0.25) is 4.79 Å². The fourth-order valence-corrected chi connectivity index (χ4v) is 5.19. The Morgan fingerprint density at radius 1 is 1.29 bits per heavy atom. The van der Waals surface area contributed by atoms with Gasteiger partial charge in [-0.05, 0) is 44.0 Å². The molecule has 0 fully saturated rings. The van der Waals surface area contributed by atoms with Gasteiger partial charge in [0.25, 0.3) is 15.9 Å². The second-order valence-corrected chi connectivity index (χ2v) is 9.20. The highest BCUT2D eigenvalue weighted by molar-refractivity contribution is 9.13. The Balaban J connectivity index is 2.13. The van der Waals surface area contributed by atoms with E-state index >= 15 is 0 Å². The number of amides is 1. The van der Waals surface area contributed by atoms with Crippen LogP contribution in [-0.2, 0) is 14.8 Å². The van der Waals surface area contributed by atoms with Gasteiger partial charge in [0.15, 0.2) is 0 Å². The van der Waals surface area contributed by atoms with Crippen molar-refractivity contribution < 1.29 is 27.5 Å². The van der Waals surface area contributed by atoms with Crippen molar-refractivity contribution in [2.24, 2.45) is 0 Å². The van der Waals surface area contributed by atoms with E-state index in [0.717, 1.165) is 24.6 Å². The molecule has 0 aromatic carbocycles. The first kappa shape index (κ1) is 18.8. The number of hydrogen-bond donors (Lipinski definition) is 1. The highest BCUT2D eigenvalue weighted by Crippen LogP contribution is 2.34. The predicted molar refractivity (Wildman–Crippen MR) is 91.6 cm³/mol. The Morgan fingerprint density at radius 2 is 2.00 bits per heavy atom. The lowest BCUT2D eigenvalue weighted by Crippen LogP contribution is -2.30. The number of nitrogens with zero attached hydrogens (tertiary/aromatic N) is 1. The largest absolute Gasteiger partial charge is 0.514 e. The molecule has 0 bridgehead atoms. The van der Waals surface area contributed by atoms with Gasteiger partial charge >= 0.3 is 6.16 Å². The van der Waals surface area contributed by atoms with Gasteiger partial charge in [-0.25, -0.2) is 22.9 Å². The van der Waals surface area contributed by atoms with Crippen LogP contribution in [0, 0.1) is 0 Å². The summed E-state index contributed by atoms with van der Waals surface area (Å²) >= 11 is 7.31. The van der Waals surface area contributed by atoms with Crippen LogP contribution in [0.3, 0.4) is 0 Å². The molecule has 0 saturated heterocycles. The van der Waals surface area contributed by atoms with Crippen LogP contribution in [0.2, 0.25) is 0 Å². The second-order valence-electron chi connectivity index (χ2n) is 4.06. The maximum Gasteiger partial charge on any atom is 0.514 e. The van der Waals surface area contributed by atoms with E-state index in [2.05, 4.69) is 46.3 Å². The first-order valence-corrected chi connectivity index (χ1v) is 9.85. The summed E-state index contributed by atoms with van der Waals surface area (Å²) in [6.45, 7) is 0. The number of aromatic nitrogens is 1. The molecular formula is C12H8Br2N2O6S2. The van der Waals surface area contributed by atoms with Crippen molar-refractivity contribution in [2.75, 3.05) is 7.11 Å². The third-order valence-electron chi connectivity index (χ3n) is 2.47.